The van der Waals surface area contributed by atoms with E-state index < -0.39 is 0 Å². The number of hydrogen-bond acceptors (Lipinski definition) is 5. The number of thioether (sulfide) groups is 1. The van der Waals surface area contributed by atoms with Crippen molar-refractivity contribution in [1.29, 1.82) is 0 Å². The van der Waals surface area contributed by atoms with E-state index in [4.69, 9.17) is 10.5 Å². The third-order valence-corrected chi connectivity index (χ3v) is 5.96. The summed E-state index contributed by atoms with van der Waals surface area (Å²) in [6, 6.07) is 8.45. The molecule has 6 heteroatoms. The van der Waals surface area contributed by atoms with Crippen LogP contribution in [-0.2, 0) is 11.2 Å². The van der Waals surface area contributed by atoms with Gasteiger partial charge in [-0.2, -0.15) is 11.8 Å². The van der Waals surface area contributed by atoms with E-state index in [1.54, 1.807) is 0 Å². The summed E-state index contributed by atoms with van der Waals surface area (Å²) in [7, 11) is 0. The Balaban J connectivity index is 1.47. The number of nitrogens with zero attached hydrogens (tertiary/aromatic N) is 2. The zero-order valence-electron chi connectivity index (χ0n) is 14.9. The molecule has 2 aliphatic heterocycles. The van der Waals surface area contributed by atoms with Gasteiger partial charge in [0.15, 0.2) is 0 Å². The number of carbonyl (C=O) groups excluding carboxylic acids is 1. The van der Waals surface area contributed by atoms with Gasteiger partial charge in [0, 0.05) is 50.3 Å². The molecule has 0 saturated carbocycles. The van der Waals surface area contributed by atoms with Gasteiger partial charge in [0.2, 0.25) is 5.91 Å². The van der Waals surface area contributed by atoms with Crippen molar-refractivity contribution in [1.82, 2.24) is 9.80 Å². The Labute approximate surface area is 154 Å². The monoisotopic (exact) mass is 363 g/mol. The van der Waals surface area contributed by atoms with E-state index in [0.717, 1.165) is 37.2 Å². The fourth-order valence-electron chi connectivity index (χ4n) is 3.63. The van der Waals surface area contributed by atoms with Crippen LogP contribution in [0, 0.1) is 0 Å². The smallest absolute Gasteiger partial charge is 0.226 e. The van der Waals surface area contributed by atoms with Crippen molar-refractivity contribution < 1.29 is 9.53 Å². The van der Waals surface area contributed by atoms with E-state index in [-0.39, 0.29) is 5.91 Å². The number of amides is 1. The number of carbonyl (C=O) groups is 1. The second-order valence-corrected chi connectivity index (χ2v) is 7.95. The van der Waals surface area contributed by atoms with Gasteiger partial charge in [-0.1, -0.05) is 12.1 Å². The summed E-state index contributed by atoms with van der Waals surface area (Å²) >= 11 is 2.05. The molecule has 2 N–H and O–H groups in total. The first kappa shape index (κ1) is 18.5. The topological polar surface area (TPSA) is 58.8 Å². The Hall–Kier alpha value is -1.24. The third kappa shape index (κ3) is 5.36. The van der Waals surface area contributed by atoms with Crippen molar-refractivity contribution in [3.63, 3.8) is 0 Å². The third-order valence-electron chi connectivity index (χ3n) is 5.02. The molecule has 25 heavy (non-hydrogen) atoms. The maximum absolute atomic E-state index is 12.6. The van der Waals surface area contributed by atoms with E-state index in [2.05, 4.69) is 16.7 Å². The Morgan fingerprint density at radius 3 is 2.68 bits per heavy atom. The molecule has 0 spiro atoms. The van der Waals surface area contributed by atoms with Crippen LogP contribution in [0.5, 0.6) is 5.75 Å². The van der Waals surface area contributed by atoms with E-state index >= 15 is 0 Å². The Kier molecular flexibility index (Phi) is 7.02. The molecule has 2 aliphatic rings. The Bertz CT molecular complexity index is 555. The average molecular weight is 364 g/mol. The van der Waals surface area contributed by atoms with Crippen molar-refractivity contribution in [2.45, 2.75) is 25.3 Å². The highest BCUT2D eigenvalue weighted by atomic mass is 32.2. The molecule has 2 fully saturated rings. The molecule has 0 bridgehead atoms. The van der Waals surface area contributed by atoms with Crippen LogP contribution in [0.1, 0.15) is 18.4 Å². The van der Waals surface area contributed by atoms with Gasteiger partial charge in [-0.3, -0.25) is 9.69 Å². The summed E-state index contributed by atoms with van der Waals surface area (Å²) in [5, 5.41) is 0. The molecule has 1 aromatic rings. The molecular weight excluding hydrogens is 334 g/mol. The van der Waals surface area contributed by atoms with Crippen LogP contribution in [0.2, 0.25) is 0 Å². The second kappa shape index (κ2) is 9.46. The average Bonchev–Trinajstić information content (AvgIpc) is 2.67. The van der Waals surface area contributed by atoms with E-state index in [1.165, 1.54) is 24.6 Å². The van der Waals surface area contributed by atoms with Gasteiger partial charge >= 0.3 is 0 Å². The molecule has 0 aliphatic carbocycles. The normalized spacial score (nSPS) is 19.8. The number of ether oxygens (including phenoxy) is 1. The molecule has 1 amide bonds. The van der Waals surface area contributed by atoms with Crippen molar-refractivity contribution in [2.75, 3.05) is 50.8 Å². The highest BCUT2D eigenvalue weighted by Gasteiger charge is 2.27. The fourth-order valence-corrected chi connectivity index (χ4v) is 4.56. The summed E-state index contributed by atoms with van der Waals surface area (Å²) in [5.74, 6) is 3.52. The highest BCUT2D eigenvalue weighted by Crippen LogP contribution is 2.21. The summed E-state index contributed by atoms with van der Waals surface area (Å²) in [5.41, 5.74) is 6.48. The first-order valence-corrected chi connectivity index (χ1v) is 10.4. The van der Waals surface area contributed by atoms with Gasteiger partial charge in [-0.15, -0.1) is 0 Å². The molecule has 0 unspecified atom stereocenters. The van der Waals surface area contributed by atoms with Gasteiger partial charge in [0.05, 0.1) is 6.42 Å². The zero-order valence-corrected chi connectivity index (χ0v) is 15.7. The minimum Gasteiger partial charge on any atom is -0.492 e. The van der Waals surface area contributed by atoms with E-state index in [9.17, 15) is 4.79 Å². The molecule has 3 rings (SSSR count). The molecule has 5 nitrogen and oxygen atoms in total. The van der Waals surface area contributed by atoms with Crippen LogP contribution in [0.4, 0.5) is 0 Å². The fraction of sp³-hybridized carbons (Fsp3) is 0.632. The number of likely N-dealkylation sites (tertiary alicyclic amines) is 1. The second-order valence-electron chi connectivity index (χ2n) is 6.72. The SMILES string of the molecule is NCCOc1cccc(CC(=O)N2CCC(N3CCSCC3)CC2)c1. The van der Waals surface area contributed by atoms with Gasteiger partial charge < -0.3 is 15.4 Å². The summed E-state index contributed by atoms with van der Waals surface area (Å²) < 4.78 is 5.55. The molecule has 0 aromatic heterocycles. The van der Waals surface area contributed by atoms with Crippen LogP contribution >= 0.6 is 11.8 Å². The predicted octanol–water partition coefficient (Wildman–Crippen LogP) is 1.61. The van der Waals surface area contributed by atoms with Gasteiger partial charge in [0.25, 0.3) is 0 Å². The van der Waals surface area contributed by atoms with Crippen LogP contribution < -0.4 is 10.5 Å². The maximum atomic E-state index is 12.6. The van der Waals surface area contributed by atoms with Gasteiger partial charge in [-0.05, 0) is 30.5 Å². The summed E-state index contributed by atoms with van der Waals surface area (Å²) in [6.45, 7) is 5.18. The quantitative estimate of drug-likeness (QED) is 0.832. The summed E-state index contributed by atoms with van der Waals surface area (Å²) in [6.07, 6.45) is 2.66. The van der Waals surface area contributed by atoms with E-state index in [0.29, 0.717) is 25.6 Å². The van der Waals surface area contributed by atoms with Crippen LogP contribution in [0.15, 0.2) is 24.3 Å². The zero-order chi connectivity index (χ0) is 17.5. The number of piperidine rings is 1. The van der Waals surface area contributed by atoms with E-state index in [1.807, 2.05) is 29.2 Å². The number of nitrogens with two attached hydrogens (primary N) is 1. The molecule has 138 valence electrons. The molecular formula is C19H29N3O2S. The van der Waals surface area contributed by atoms with Crippen LogP contribution in [-0.4, -0.2) is 72.6 Å². The first-order valence-electron chi connectivity index (χ1n) is 9.27. The largest absolute Gasteiger partial charge is 0.492 e. The molecule has 0 radical (unpaired) electrons. The molecule has 2 saturated heterocycles. The molecule has 1 aromatic carbocycles. The van der Waals surface area contributed by atoms with Crippen molar-refractivity contribution >= 4 is 17.7 Å². The molecule has 2 heterocycles. The van der Waals surface area contributed by atoms with Crippen LogP contribution in [0.3, 0.4) is 0 Å². The minimum atomic E-state index is 0.226. The highest BCUT2D eigenvalue weighted by molar-refractivity contribution is 7.99. The number of rotatable bonds is 6. The van der Waals surface area contributed by atoms with Crippen molar-refractivity contribution in [3.05, 3.63) is 29.8 Å². The summed E-state index contributed by atoms with van der Waals surface area (Å²) in [4.78, 5) is 17.3. The number of benzene rings is 1. The lowest BCUT2D eigenvalue weighted by Gasteiger charge is -2.40. The standard InChI is InChI=1S/C19H29N3O2S/c20-6-11-24-18-3-1-2-16(14-18)15-19(23)22-7-4-17(5-8-22)21-9-12-25-13-10-21/h1-3,14,17H,4-13,15,20H2. The molecule has 0 atom stereocenters. The lowest BCUT2D eigenvalue weighted by Crippen LogP contribution is -2.49. The number of hydrogen-bond donors (Lipinski definition) is 1. The van der Waals surface area contributed by atoms with Gasteiger partial charge in [-0.25, -0.2) is 0 Å². The lowest BCUT2D eigenvalue weighted by molar-refractivity contribution is -0.132. The Morgan fingerprint density at radius 1 is 1.20 bits per heavy atom. The lowest BCUT2D eigenvalue weighted by atomic mass is 10.0. The van der Waals surface area contributed by atoms with Crippen LogP contribution in [0.25, 0.3) is 0 Å². The van der Waals surface area contributed by atoms with Crippen molar-refractivity contribution in [3.8, 4) is 5.75 Å². The van der Waals surface area contributed by atoms with Gasteiger partial charge in [0.1, 0.15) is 12.4 Å². The minimum absolute atomic E-state index is 0.226. The Morgan fingerprint density at radius 2 is 1.96 bits per heavy atom. The van der Waals surface area contributed by atoms with Crippen molar-refractivity contribution in [2.24, 2.45) is 5.73 Å². The maximum Gasteiger partial charge on any atom is 0.226 e. The predicted molar refractivity (Wildman–Crippen MR) is 103 cm³/mol. The first-order chi connectivity index (χ1) is 12.3.